The number of aliphatic hydroxyl groups excluding tert-OH is 1. The maximum atomic E-state index is 13.4. The summed E-state index contributed by atoms with van der Waals surface area (Å²) in [4.78, 5) is 28.3. The van der Waals surface area contributed by atoms with Crippen LogP contribution in [0.3, 0.4) is 0 Å². The van der Waals surface area contributed by atoms with Crippen LogP contribution in [0.2, 0.25) is 0 Å². The molecular formula is C30H31NO4. The fourth-order valence-electron chi connectivity index (χ4n) is 4.53. The normalized spacial score (nSPS) is 17.6. The number of carbonyl (C=O) groups excluding carboxylic acids is 2. The van der Waals surface area contributed by atoms with Crippen LogP contribution >= 0.6 is 0 Å². The summed E-state index contributed by atoms with van der Waals surface area (Å²) < 4.78 is 5.48. The molecule has 1 fully saturated rings. The number of methoxy groups -OCH3 is 1. The molecule has 1 N–H and O–H groups in total. The number of aryl methyl sites for hydroxylation is 1. The first-order valence-corrected chi connectivity index (χ1v) is 11.7. The second kappa shape index (κ2) is 9.41. The third kappa shape index (κ3) is 4.59. The lowest BCUT2D eigenvalue weighted by atomic mass is 9.84. The second-order valence-electron chi connectivity index (χ2n) is 9.93. The molecule has 35 heavy (non-hydrogen) atoms. The zero-order valence-corrected chi connectivity index (χ0v) is 20.8. The number of hydrogen-bond acceptors (Lipinski definition) is 4. The van der Waals surface area contributed by atoms with Crippen molar-refractivity contribution in [2.45, 2.75) is 45.7 Å². The predicted octanol–water partition coefficient (Wildman–Crippen LogP) is 5.92. The van der Waals surface area contributed by atoms with E-state index < -0.39 is 17.7 Å². The van der Waals surface area contributed by atoms with Crippen molar-refractivity contribution in [2.24, 2.45) is 0 Å². The van der Waals surface area contributed by atoms with Gasteiger partial charge in [-0.15, -0.1) is 0 Å². The Morgan fingerprint density at radius 1 is 0.971 bits per heavy atom. The summed E-state index contributed by atoms with van der Waals surface area (Å²) in [6.45, 7) is 8.35. The topological polar surface area (TPSA) is 66.8 Å². The molecule has 4 rings (SSSR count). The van der Waals surface area contributed by atoms with Gasteiger partial charge in [-0.25, -0.2) is 0 Å². The van der Waals surface area contributed by atoms with Crippen molar-refractivity contribution < 1.29 is 19.4 Å². The molecule has 3 aromatic rings. The largest absolute Gasteiger partial charge is 0.507 e. The Bertz CT molecular complexity index is 1300. The van der Waals surface area contributed by atoms with E-state index in [1.807, 2.05) is 79.7 Å². The summed E-state index contributed by atoms with van der Waals surface area (Å²) in [6, 6.07) is 21.9. The number of amides is 1. The van der Waals surface area contributed by atoms with Gasteiger partial charge in [-0.3, -0.25) is 9.59 Å². The molecule has 0 bridgehead atoms. The number of Topliss-reactive ketones (excluding diaryl/α,β-unsaturated/α-hetero) is 1. The molecule has 1 aliphatic heterocycles. The van der Waals surface area contributed by atoms with E-state index in [1.54, 1.807) is 7.11 Å². The number of rotatable bonds is 5. The first kappa shape index (κ1) is 24.3. The number of hydrogen-bond donors (Lipinski definition) is 1. The quantitative estimate of drug-likeness (QED) is 0.286. The SMILES string of the molecule is COc1ccccc1CN1C(=O)C(=O)/C(=C(/O)c2cc(C(C)(C)C)ccc2C)C1c1ccccc1. The molecule has 0 aromatic heterocycles. The molecule has 0 radical (unpaired) electrons. The highest BCUT2D eigenvalue weighted by molar-refractivity contribution is 6.46. The van der Waals surface area contributed by atoms with Crippen molar-refractivity contribution in [3.63, 3.8) is 0 Å². The molecule has 1 unspecified atom stereocenters. The van der Waals surface area contributed by atoms with Gasteiger partial charge in [-0.1, -0.05) is 81.4 Å². The number of carbonyl (C=O) groups is 2. The fraction of sp³-hybridized carbons (Fsp3) is 0.267. The van der Waals surface area contributed by atoms with Gasteiger partial charge in [0.1, 0.15) is 11.5 Å². The van der Waals surface area contributed by atoms with Crippen LogP contribution in [0.5, 0.6) is 5.75 Å². The number of ketones is 1. The van der Waals surface area contributed by atoms with Gasteiger partial charge in [0.05, 0.1) is 25.3 Å². The van der Waals surface area contributed by atoms with Crippen LogP contribution < -0.4 is 4.74 Å². The lowest BCUT2D eigenvalue weighted by molar-refractivity contribution is -0.140. The van der Waals surface area contributed by atoms with Gasteiger partial charge in [-0.05, 0) is 41.2 Å². The van der Waals surface area contributed by atoms with Crippen molar-refractivity contribution in [1.82, 2.24) is 4.90 Å². The Labute approximate surface area is 206 Å². The number of likely N-dealkylation sites (tertiary alicyclic amines) is 1. The van der Waals surface area contributed by atoms with E-state index in [-0.39, 0.29) is 23.3 Å². The van der Waals surface area contributed by atoms with E-state index >= 15 is 0 Å². The lowest BCUT2D eigenvalue weighted by Crippen LogP contribution is -2.29. The van der Waals surface area contributed by atoms with Gasteiger partial charge >= 0.3 is 0 Å². The van der Waals surface area contributed by atoms with Crippen LogP contribution in [0.1, 0.15) is 54.6 Å². The number of benzene rings is 3. The van der Waals surface area contributed by atoms with Crippen molar-refractivity contribution in [3.05, 3.63) is 106 Å². The van der Waals surface area contributed by atoms with Crippen LogP contribution in [0.25, 0.3) is 5.76 Å². The summed E-state index contributed by atoms with van der Waals surface area (Å²) in [6.07, 6.45) is 0. The Morgan fingerprint density at radius 2 is 1.63 bits per heavy atom. The second-order valence-corrected chi connectivity index (χ2v) is 9.93. The molecule has 3 aromatic carbocycles. The first-order valence-electron chi connectivity index (χ1n) is 11.7. The van der Waals surface area contributed by atoms with Gasteiger partial charge in [0.15, 0.2) is 0 Å². The summed E-state index contributed by atoms with van der Waals surface area (Å²) in [5, 5.41) is 11.6. The zero-order valence-electron chi connectivity index (χ0n) is 20.8. The van der Waals surface area contributed by atoms with E-state index in [0.29, 0.717) is 11.3 Å². The first-order chi connectivity index (χ1) is 16.6. The van der Waals surface area contributed by atoms with Crippen LogP contribution in [0, 0.1) is 6.92 Å². The van der Waals surface area contributed by atoms with E-state index in [1.165, 1.54) is 4.90 Å². The Kier molecular flexibility index (Phi) is 6.53. The van der Waals surface area contributed by atoms with E-state index in [2.05, 4.69) is 20.8 Å². The highest BCUT2D eigenvalue weighted by Gasteiger charge is 2.46. The molecule has 1 heterocycles. The molecular weight excluding hydrogens is 438 g/mol. The third-order valence-corrected chi connectivity index (χ3v) is 6.55. The average Bonchev–Trinajstić information content (AvgIpc) is 3.09. The van der Waals surface area contributed by atoms with Crippen molar-refractivity contribution >= 4 is 17.4 Å². The van der Waals surface area contributed by atoms with Crippen molar-refractivity contribution in [1.29, 1.82) is 0 Å². The minimum atomic E-state index is -0.723. The van der Waals surface area contributed by atoms with Gasteiger partial charge < -0.3 is 14.7 Å². The molecule has 5 heteroatoms. The maximum absolute atomic E-state index is 13.4. The van der Waals surface area contributed by atoms with Gasteiger partial charge in [0.2, 0.25) is 0 Å². The summed E-state index contributed by atoms with van der Waals surface area (Å²) >= 11 is 0. The zero-order chi connectivity index (χ0) is 25.3. The van der Waals surface area contributed by atoms with E-state index in [4.69, 9.17) is 4.74 Å². The number of para-hydroxylation sites is 1. The summed E-state index contributed by atoms with van der Waals surface area (Å²) in [5.41, 5.74) is 3.93. The molecule has 1 saturated heterocycles. The fourth-order valence-corrected chi connectivity index (χ4v) is 4.53. The van der Waals surface area contributed by atoms with Crippen molar-refractivity contribution in [3.8, 4) is 5.75 Å². The summed E-state index contributed by atoms with van der Waals surface area (Å²) in [5.74, 6) is -0.846. The summed E-state index contributed by atoms with van der Waals surface area (Å²) in [7, 11) is 1.58. The Morgan fingerprint density at radius 3 is 2.29 bits per heavy atom. The molecule has 5 nitrogen and oxygen atoms in total. The minimum Gasteiger partial charge on any atom is -0.507 e. The standard InChI is InChI=1S/C30H31NO4/c1-19-15-16-22(30(2,3)4)17-23(19)27(32)25-26(20-11-7-6-8-12-20)31(29(34)28(25)33)18-21-13-9-10-14-24(21)35-5/h6-17,26,32H,18H2,1-5H3/b27-25+. The Hall–Kier alpha value is -3.86. The van der Waals surface area contributed by atoms with E-state index in [0.717, 1.165) is 22.3 Å². The molecule has 1 aliphatic rings. The predicted molar refractivity (Wildman–Crippen MR) is 137 cm³/mol. The van der Waals surface area contributed by atoms with Crippen LogP contribution in [-0.4, -0.2) is 28.8 Å². The number of ether oxygens (including phenoxy) is 1. The number of nitrogens with zero attached hydrogens (tertiary/aromatic N) is 1. The highest BCUT2D eigenvalue weighted by Crippen LogP contribution is 2.41. The minimum absolute atomic E-state index is 0.102. The van der Waals surface area contributed by atoms with Crippen LogP contribution in [0.4, 0.5) is 0 Å². The van der Waals surface area contributed by atoms with Crippen LogP contribution in [-0.2, 0) is 21.5 Å². The lowest BCUT2D eigenvalue weighted by Gasteiger charge is -2.26. The Balaban J connectivity index is 1.90. The van der Waals surface area contributed by atoms with Gasteiger partial charge in [0.25, 0.3) is 11.7 Å². The molecule has 0 spiro atoms. The van der Waals surface area contributed by atoms with Gasteiger partial charge in [-0.2, -0.15) is 0 Å². The maximum Gasteiger partial charge on any atom is 0.295 e. The molecule has 180 valence electrons. The third-order valence-electron chi connectivity index (χ3n) is 6.55. The highest BCUT2D eigenvalue weighted by atomic mass is 16.5. The molecule has 1 amide bonds. The molecule has 0 aliphatic carbocycles. The average molecular weight is 470 g/mol. The smallest absolute Gasteiger partial charge is 0.295 e. The van der Waals surface area contributed by atoms with E-state index in [9.17, 15) is 14.7 Å². The number of aliphatic hydroxyl groups is 1. The van der Waals surface area contributed by atoms with Crippen molar-refractivity contribution in [2.75, 3.05) is 7.11 Å². The molecule has 1 atom stereocenters. The molecule has 0 saturated carbocycles. The van der Waals surface area contributed by atoms with Gasteiger partial charge in [0, 0.05) is 11.1 Å². The monoisotopic (exact) mass is 469 g/mol. The van der Waals surface area contributed by atoms with Crippen LogP contribution in [0.15, 0.2) is 78.4 Å².